The minimum absolute atomic E-state index is 0.108. The van der Waals surface area contributed by atoms with E-state index in [0.29, 0.717) is 22.8 Å². The molecule has 1 aliphatic heterocycles. The first-order valence-corrected chi connectivity index (χ1v) is 11.9. The lowest BCUT2D eigenvalue weighted by Crippen LogP contribution is -2.55. The molecule has 0 aromatic heterocycles. The maximum Gasteiger partial charge on any atom is 0.0577 e. The fourth-order valence-electron chi connectivity index (χ4n) is 8.52. The van der Waals surface area contributed by atoms with Crippen LogP contribution in [0.3, 0.4) is 0 Å². The largest absolute Gasteiger partial charge is 0.393 e. The van der Waals surface area contributed by atoms with Crippen molar-refractivity contribution in [2.75, 3.05) is 19.6 Å². The summed E-state index contributed by atoms with van der Waals surface area (Å²) in [6.45, 7) is 13.3. The first-order chi connectivity index (χ1) is 13.3. The van der Waals surface area contributed by atoms with E-state index in [1.165, 1.54) is 25.7 Å². The molecule has 0 amide bonds. The highest BCUT2D eigenvalue weighted by Crippen LogP contribution is 2.67. The standard InChI is InChI=1S/C25H40N2O/c1-15-11-17-13-18(28)5-7-24(17,3)19-6-8-25(4)20(22(15)19)12-16(2)23(25)21-14-26-9-10-27-21/h11,15,18-22,26-28H,5-10,12-14H2,1-4H3/t15-,18-,19-,20-,21?,22+,24-,25-/m0/s1. The number of aliphatic hydroxyl groups excluding tert-OH is 1. The Morgan fingerprint density at radius 2 is 1.82 bits per heavy atom. The Kier molecular flexibility index (Phi) is 4.61. The van der Waals surface area contributed by atoms with Gasteiger partial charge in [-0.15, -0.1) is 0 Å². The zero-order valence-corrected chi connectivity index (χ0v) is 18.4. The van der Waals surface area contributed by atoms with E-state index in [1.807, 2.05) is 0 Å². The van der Waals surface area contributed by atoms with Crippen LogP contribution >= 0.6 is 0 Å². The van der Waals surface area contributed by atoms with Gasteiger partial charge in [0.25, 0.3) is 0 Å². The normalized spacial score (nSPS) is 51.2. The Morgan fingerprint density at radius 1 is 1.04 bits per heavy atom. The first kappa shape index (κ1) is 19.3. The summed E-state index contributed by atoms with van der Waals surface area (Å²) >= 11 is 0. The van der Waals surface area contributed by atoms with Crippen molar-refractivity contribution in [2.45, 2.75) is 78.4 Å². The van der Waals surface area contributed by atoms with Crippen molar-refractivity contribution in [2.24, 2.45) is 34.5 Å². The Bertz CT molecular complexity index is 705. The summed E-state index contributed by atoms with van der Waals surface area (Å²) in [5, 5.41) is 17.7. The van der Waals surface area contributed by atoms with Gasteiger partial charge in [0.05, 0.1) is 6.10 Å². The number of nitrogens with one attached hydrogen (secondary N) is 2. The second-order valence-corrected chi connectivity index (χ2v) is 11.2. The minimum atomic E-state index is -0.108. The van der Waals surface area contributed by atoms with Crippen LogP contribution < -0.4 is 10.6 Å². The number of hydrogen-bond acceptors (Lipinski definition) is 3. The summed E-state index contributed by atoms with van der Waals surface area (Å²) in [6.07, 6.45) is 9.61. The summed E-state index contributed by atoms with van der Waals surface area (Å²) in [5.74, 6) is 3.04. The van der Waals surface area contributed by atoms with Crippen molar-refractivity contribution in [3.8, 4) is 0 Å². The molecular weight excluding hydrogens is 344 g/mol. The van der Waals surface area contributed by atoms with Crippen LogP contribution in [0.5, 0.6) is 0 Å². The lowest BCUT2D eigenvalue weighted by molar-refractivity contribution is -0.0495. The summed E-state index contributed by atoms with van der Waals surface area (Å²) in [4.78, 5) is 0. The molecule has 156 valence electrons. The molecule has 28 heavy (non-hydrogen) atoms. The van der Waals surface area contributed by atoms with E-state index >= 15 is 0 Å². The topological polar surface area (TPSA) is 44.3 Å². The van der Waals surface area contributed by atoms with Gasteiger partial charge in [0.15, 0.2) is 0 Å². The summed E-state index contributed by atoms with van der Waals surface area (Å²) in [6, 6.07) is 0.533. The van der Waals surface area contributed by atoms with Gasteiger partial charge in [0, 0.05) is 25.7 Å². The van der Waals surface area contributed by atoms with E-state index in [-0.39, 0.29) is 6.10 Å². The van der Waals surface area contributed by atoms with E-state index in [4.69, 9.17) is 0 Å². The van der Waals surface area contributed by atoms with E-state index in [0.717, 1.165) is 50.2 Å². The molecule has 3 N–H and O–H groups in total. The van der Waals surface area contributed by atoms with Gasteiger partial charge >= 0.3 is 0 Å². The lowest BCUT2D eigenvalue weighted by Gasteiger charge is -2.59. The predicted octanol–water partition coefficient (Wildman–Crippen LogP) is 4.04. The van der Waals surface area contributed by atoms with Gasteiger partial charge < -0.3 is 15.7 Å². The number of allylic oxidation sites excluding steroid dienone is 2. The first-order valence-electron chi connectivity index (χ1n) is 11.9. The molecule has 4 aliphatic carbocycles. The quantitative estimate of drug-likeness (QED) is 0.598. The van der Waals surface area contributed by atoms with Gasteiger partial charge in [-0.3, -0.25) is 0 Å². The maximum atomic E-state index is 10.3. The third-order valence-corrected chi connectivity index (χ3v) is 9.79. The fourth-order valence-corrected chi connectivity index (χ4v) is 8.52. The number of piperazine rings is 1. The second kappa shape index (κ2) is 6.68. The van der Waals surface area contributed by atoms with Gasteiger partial charge in [-0.1, -0.05) is 38.0 Å². The van der Waals surface area contributed by atoms with Gasteiger partial charge in [0.1, 0.15) is 0 Å². The van der Waals surface area contributed by atoms with Gasteiger partial charge in [-0.05, 0) is 85.5 Å². The SMILES string of the molecule is CC1=C(C2CNCCN2)[C@@]2(C)CC[C@H]3[C@@H]([C@@H](C)C=C4C[C@@H](O)CC[C@@]43C)[C@@H]2C1. The molecule has 1 unspecified atom stereocenters. The number of aliphatic hydroxyl groups is 1. The highest BCUT2D eigenvalue weighted by Gasteiger charge is 2.59. The molecule has 0 bridgehead atoms. The smallest absolute Gasteiger partial charge is 0.0577 e. The molecule has 8 atom stereocenters. The molecule has 3 heteroatoms. The third kappa shape index (κ3) is 2.65. The summed E-state index contributed by atoms with van der Waals surface area (Å²) in [7, 11) is 0. The Balaban J connectivity index is 1.49. The van der Waals surface area contributed by atoms with E-state index in [9.17, 15) is 5.11 Å². The van der Waals surface area contributed by atoms with Crippen LogP contribution in [0, 0.1) is 34.5 Å². The molecule has 2 saturated carbocycles. The number of rotatable bonds is 1. The summed E-state index contributed by atoms with van der Waals surface area (Å²) < 4.78 is 0. The van der Waals surface area contributed by atoms with E-state index in [1.54, 1.807) is 16.7 Å². The molecule has 5 rings (SSSR count). The molecule has 5 aliphatic rings. The minimum Gasteiger partial charge on any atom is -0.393 e. The number of hydrogen-bond donors (Lipinski definition) is 3. The van der Waals surface area contributed by atoms with Crippen LogP contribution in [0.15, 0.2) is 22.8 Å². The van der Waals surface area contributed by atoms with Crippen LogP contribution in [0.1, 0.15) is 66.2 Å². The Labute approximate surface area is 171 Å². The van der Waals surface area contributed by atoms with Crippen LogP contribution in [0.2, 0.25) is 0 Å². The third-order valence-electron chi connectivity index (χ3n) is 9.79. The molecule has 1 heterocycles. The highest BCUT2D eigenvalue weighted by molar-refractivity contribution is 5.37. The van der Waals surface area contributed by atoms with Crippen molar-refractivity contribution in [1.82, 2.24) is 10.6 Å². The van der Waals surface area contributed by atoms with Crippen LogP contribution in [0.25, 0.3) is 0 Å². The molecule has 0 radical (unpaired) electrons. The van der Waals surface area contributed by atoms with Gasteiger partial charge in [0.2, 0.25) is 0 Å². The maximum absolute atomic E-state index is 10.3. The molecule has 0 aromatic carbocycles. The van der Waals surface area contributed by atoms with Crippen molar-refractivity contribution < 1.29 is 5.11 Å². The van der Waals surface area contributed by atoms with Crippen molar-refractivity contribution in [1.29, 1.82) is 0 Å². The monoisotopic (exact) mass is 384 g/mol. The molecule has 0 aromatic rings. The highest BCUT2D eigenvalue weighted by atomic mass is 16.3. The van der Waals surface area contributed by atoms with Gasteiger partial charge in [-0.25, -0.2) is 0 Å². The van der Waals surface area contributed by atoms with Crippen molar-refractivity contribution in [3.05, 3.63) is 22.8 Å². The predicted molar refractivity (Wildman–Crippen MR) is 115 cm³/mol. The average molecular weight is 385 g/mol. The van der Waals surface area contributed by atoms with Crippen LogP contribution in [-0.4, -0.2) is 36.9 Å². The van der Waals surface area contributed by atoms with E-state index < -0.39 is 0 Å². The van der Waals surface area contributed by atoms with Crippen molar-refractivity contribution in [3.63, 3.8) is 0 Å². The molecule has 3 fully saturated rings. The second-order valence-electron chi connectivity index (χ2n) is 11.2. The lowest BCUT2D eigenvalue weighted by atomic mass is 9.45. The van der Waals surface area contributed by atoms with Crippen LogP contribution in [-0.2, 0) is 0 Å². The Morgan fingerprint density at radius 3 is 2.57 bits per heavy atom. The molecular formula is C25H40N2O. The fraction of sp³-hybridized carbons (Fsp3) is 0.840. The average Bonchev–Trinajstić information content (AvgIpc) is 2.94. The Hall–Kier alpha value is -0.640. The zero-order chi connectivity index (χ0) is 19.7. The summed E-state index contributed by atoms with van der Waals surface area (Å²) in [5.41, 5.74) is 5.73. The molecule has 1 saturated heterocycles. The van der Waals surface area contributed by atoms with Crippen molar-refractivity contribution >= 4 is 0 Å². The van der Waals surface area contributed by atoms with E-state index in [2.05, 4.69) is 44.4 Å². The molecule has 0 spiro atoms. The number of fused-ring (bicyclic) bond motifs is 5. The molecule has 3 nitrogen and oxygen atoms in total. The van der Waals surface area contributed by atoms with Gasteiger partial charge in [-0.2, -0.15) is 0 Å². The zero-order valence-electron chi connectivity index (χ0n) is 18.4. The van der Waals surface area contributed by atoms with Crippen LogP contribution in [0.4, 0.5) is 0 Å².